The molecule has 0 bridgehead atoms. The molecule has 6 nitrogen and oxygen atoms in total. The lowest BCUT2D eigenvalue weighted by Crippen LogP contribution is -2.51. The first-order valence-corrected chi connectivity index (χ1v) is 9.13. The summed E-state index contributed by atoms with van der Waals surface area (Å²) < 4.78 is 5.31. The topological polar surface area (TPSA) is 61.9 Å². The Kier molecular flexibility index (Phi) is 5.75. The van der Waals surface area contributed by atoms with Crippen LogP contribution >= 0.6 is 0 Å². The van der Waals surface area contributed by atoms with Crippen LogP contribution < -0.4 is 5.32 Å². The molecule has 1 atom stereocenters. The van der Waals surface area contributed by atoms with E-state index in [0.29, 0.717) is 38.8 Å². The van der Waals surface area contributed by atoms with E-state index in [1.54, 1.807) is 0 Å². The van der Waals surface area contributed by atoms with Gasteiger partial charge < -0.3 is 19.9 Å². The molecule has 3 aliphatic rings. The number of hydrogen-bond acceptors (Lipinski definition) is 3. The molecule has 130 valence electrons. The first kappa shape index (κ1) is 16.6. The number of nitrogens with zero attached hydrogens (tertiary/aromatic N) is 2. The van der Waals surface area contributed by atoms with Crippen molar-refractivity contribution >= 4 is 11.9 Å². The van der Waals surface area contributed by atoms with Crippen LogP contribution in [0.25, 0.3) is 0 Å². The van der Waals surface area contributed by atoms with Gasteiger partial charge in [-0.25, -0.2) is 4.79 Å². The van der Waals surface area contributed by atoms with E-state index in [2.05, 4.69) is 5.32 Å². The van der Waals surface area contributed by atoms with Gasteiger partial charge in [0.1, 0.15) is 0 Å². The highest BCUT2D eigenvalue weighted by molar-refractivity contribution is 5.81. The van der Waals surface area contributed by atoms with Gasteiger partial charge in [0.05, 0.1) is 19.1 Å². The lowest BCUT2D eigenvalue weighted by atomic mass is 9.96. The number of piperidine rings is 1. The number of nitrogens with one attached hydrogen (secondary N) is 1. The standard InChI is InChI=1S/C17H29N3O3/c21-16(19-8-10-23-11-9-19)15-6-3-7-20(13-15)17(22)18-12-14-4-1-2-5-14/h14-15H,1-13H2,(H,18,22)/t15-/m1/s1. The summed E-state index contributed by atoms with van der Waals surface area (Å²) in [5.41, 5.74) is 0. The van der Waals surface area contributed by atoms with Crippen molar-refractivity contribution in [1.29, 1.82) is 0 Å². The predicted octanol–water partition coefficient (Wildman–Crippen LogP) is 1.46. The van der Waals surface area contributed by atoms with Crippen molar-refractivity contribution < 1.29 is 14.3 Å². The van der Waals surface area contributed by atoms with Crippen molar-refractivity contribution in [2.24, 2.45) is 11.8 Å². The van der Waals surface area contributed by atoms with E-state index < -0.39 is 0 Å². The predicted molar refractivity (Wildman–Crippen MR) is 87.1 cm³/mol. The molecular weight excluding hydrogens is 294 g/mol. The highest BCUT2D eigenvalue weighted by Gasteiger charge is 2.32. The summed E-state index contributed by atoms with van der Waals surface area (Å²) in [4.78, 5) is 28.7. The molecule has 0 radical (unpaired) electrons. The second-order valence-corrected chi connectivity index (χ2v) is 7.06. The van der Waals surface area contributed by atoms with E-state index in [1.807, 2.05) is 9.80 Å². The molecule has 1 N–H and O–H groups in total. The first-order chi connectivity index (χ1) is 11.2. The minimum absolute atomic E-state index is 0.0105. The summed E-state index contributed by atoms with van der Waals surface area (Å²) in [6, 6.07) is 0.0105. The van der Waals surface area contributed by atoms with Gasteiger partial charge in [-0.15, -0.1) is 0 Å². The Labute approximate surface area is 138 Å². The number of likely N-dealkylation sites (tertiary alicyclic amines) is 1. The molecule has 0 unspecified atom stereocenters. The minimum Gasteiger partial charge on any atom is -0.378 e. The number of urea groups is 1. The summed E-state index contributed by atoms with van der Waals surface area (Å²) in [5, 5.41) is 3.08. The molecule has 2 heterocycles. The van der Waals surface area contributed by atoms with E-state index in [9.17, 15) is 9.59 Å². The molecule has 0 aromatic carbocycles. The molecule has 0 spiro atoms. The van der Waals surface area contributed by atoms with Crippen LogP contribution in [-0.2, 0) is 9.53 Å². The number of carbonyl (C=O) groups is 2. The largest absolute Gasteiger partial charge is 0.378 e. The number of amides is 3. The van der Waals surface area contributed by atoms with E-state index in [-0.39, 0.29) is 17.9 Å². The van der Waals surface area contributed by atoms with Gasteiger partial charge in [-0.05, 0) is 31.6 Å². The number of morpholine rings is 1. The fraction of sp³-hybridized carbons (Fsp3) is 0.882. The Morgan fingerprint density at radius 2 is 1.70 bits per heavy atom. The first-order valence-electron chi connectivity index (χ1n) is 9.13. The Balaban J connectivity index is 1.46. The zero-order valence-electron chi connectivity index (χ0n) is 14.0. The maximum absolute atomic E-state index is 12.6. The highest BCUT2D eigenvalue weighted by atomic mass is 16.5. The molecule has 3 amide bonds. The second-order valence-electron chi connectivity index (χ2n) is 7.06. The maximum atomic E-state index is 12.6. The Hall–Kier alpha value is -1.30. The third-order valence-electron chi connectivity index (χ3n) is 5.40. The molecule has 1 aliphatic carbocycles. The summed E-state index contributed by atoms with van der Waals surface area (Å²) in [6.07, 6.45) is 6.86. The van der Waals surface area contributed by atoms with Crippen molar-refractivity contribution in [2.45, 2.75) is 38.5 Å². The van der Waals surface area contributed by atoms with E-state index in [4.69, 9.17) is 4.74 Å². The van der Waals surface area contributed by atoms with Crippen molar-refractivity contribution in [2.75, 3.05) is 45.9 Å². The van der Waals surface area contributed by atoms with Gasteiger partial charge in [-0.3, -0.25) is 4.79 Å². The lowest BCUT2D eigenvalue weighted by molar-refractivity contribution is -0.141. The molecule has 0 aromatic heterocycles. The van der Waals surface area contributed by atoms with Gasteiger partial charge in [-0.2, -0.15) is 0 Å². The molecule has 3 fully saturated rings. The van der Waals surface area contributed by atoms with E-state index >= 15 is 0 Å². The average Bonchev–Trinajstić information content (AvgIpc) is 3.13. The van der Waals surface area contributed by atoms with Crippen LogP contribution in [0.1, 0.15) is 38.5 Å². The monoisotopic (exact) mass is 323 g/mol. The SMILES string of the molecule is O=C(NCC1CCCC1)N1CCC[C@@H](C(=O)N2CCOCC2)C1. The molecule has 0 aromatic rings. The summed E-state index contributed by atoms with van der Waals surface area (Å²) in [5.74, 6) is 0.801. The number of ether oxygens (including phenoxy) is 1. The van der Waals surface area contributed by atoms with Crippen LogP contribution in [0.4, 0.5) is 4.79 Å². The van der Waals surface area contributed by atoms with Gasteiger partial charge in [-0.1, -0.05) is 12.8 Å². The normalized spacial score (nSPS) is 26.3. The molecule has 23 heavy (non-hydrogen) atoms. The van der Waals surface area contributed by atoms with Crippen molar-refractivity contribution in [3.63, 3.8) is 0 Å². The van der Waals surface area contributed by atoms with Crippen molar-refractivity contribution in [1.82, 2.24) is 15.1 Å². The molecule has 1 saturated carbocycles. The van der Waals surface area contributed by atoms with Gasteiger partial charge in [0.2, 0.25) is 5.91 Å². The van der Waals surface area contributed by atoms with Gasteiger partial charge in [0, 0.05) is 32.7 Å². The van der Waals surface area contributed by atoms with Crippen LogP contribution in [0.15, 0.2) is 0 Å². The fourth-order valence-electron chi connectivity index (χ4n) is 3.96. The number of rotatable bonds is 3. The third kappa shape index (κ3) is 4.37. The Morgan fingerprint density at radius 1 is 0.957 bits per heavy atom. The van der Waals surface area contributed by atoms with Crippen molar-refractivity contribution in [3.8, 4) is 0 Å². The Bertz CT molecular complexity index is 417. The second kappa shape index (κ2) is 7.99. The zero-order chi connectivity index (χ0) is 16.1. The molecular formula is C17H29N3O3. The zero-order valence-corrected chi connectivity index (χ0v) is 14.0. The molecule has 2 aliphatic heterocycles. The summed E-state index contributed by atoms with van der Waals surface area (Å²) >= 11 is 0. The summed E-state index contributed by atoms with van der Waals surface area (Å²) in [6.45, 7) is 4.74. The van der Waals surface area contributed by atoms with Gasteiger partial charge >= 0.3 is 6.03 Å². The van der Waals surface area contributed by atoms with Crippen LogP contribution in [-0.4, -0.2) is 67.7 Å². The quantitative estimate of drug-likeness (QED) is 0.855. The number of carbonyl (C=O) groups excluding carboxylic acids is 2. The van der Waals surface area contributed by atoms with Crippen LogP contribution in [0.5, 0.6) is 0 Å². The van der Waals surface area contributed by atoms with Crippen LogP contribution in [0.3, 0.4) is 0 Å². The fourth-order valence-corrected chi connectivity index (χ4v) is 3.96. The lowest BCUT2D eigenvalue weighted by Gasteiger charge is -2.36. The smallest absolute Gasteiger partial charge is 0.317 e. The van der Waals surface area contributed by atoms with Crippen molar-refractivity contribution in [3.05, 3.63) is 0 Å². The molecule has 2 saturated heterocycles. The highest BCUT2D eigenvalue weighted by Crippen LogP contribution is 2.24. The van der Waals surface area contributed by atoms with Crippen LogP contribution in [0, 0.1) is 11.8 Å². The molecule has 6 heteroatoms. The van der Waals surface area contributed by atoms with E-state index in [0.717, 1.165) is 25.9 Å². The van der Waals surface area contributed by atoms with Gasteiger partial charge in [0.25, 0.3) is 0 Å². The van der Waals surface area contributed by atoms with E-state index in [1.165, 1.54) is 25.7 Å². The maximum Gasteiger partial charge on any atom is 0.317 e. The summed E-state index contributed by atoms with van der Waals surface area (Å²) in [7, 11) is 0. The number of hydrogen-bond donors (Lipinski definition) is 1. The van der Waals surface area contributed by atoms with Gasteiger partial charge in [0.15, 0.2) is 0 Å². The van der Waals surface area contributed by atoms with Crippen LogP contribution in [0.2, 0.25) is 0 Å². The third-order valence-corrected chi connectivity index (χ3v) is 5.40. The average molecular weight is 323 g/mol. The molecule has 3 rings (SSSR count). The Morgan fingerprint density at radius 3 is 2.43 bits per heavy atom. The minimum atomic E-state index is -0.0425.